The first-order chi connectivity index (χ1) is 10.0. The van der Waals surface area contributed by atoms with Crippen LogP contribution in [0.3, 0.4) is 0 Å². The van der Waals surface area contributed by atoms with E-state index in [1.165, 1.54) is 0 Å². The SMILES string of the molecule is Cc1ccc(S(=O)(=O)CC2CCc3ccccc3O2)cc1. The maximum absolute atomic E-state index is 12.4. The maximum Gasteiger partial charge on any atom is 0.182 e. The van der Waals surface area contributed by atoms with Crippen molar-refractivity contribution in [2.45, 2.75) is 30.8 Å². The smallest absolute Gasteiger partial charge is 0.182 e. The van der Waals surface area contributed by atoms with E-state index in [1.807, 2.05) is 43.3 Å². The monoisotopic (exact) mass is 302 g/mol. The van der Waals surface area contributed by atoms with E-state index in [1.54, 1.807) is 12.1 Å². The third-order valence-electron chi connectivity index (χ3n) is 3.79. The number of sulfone groups is 1. The predicted molar refractivity (Wildman–Crippen MR) is 82.4 cm³/mol. The molecule has 1 atom stereocenters. The van der Waals surface area contributed by atoms with Gasteiger partial charge in [-0.15, -0.1) is 0 Å². The number of rotatable bonds is 3. The lowest BCUT2D eigenvalue weighted by molar-refractivity contribution is 0.194. The average molecular weight is 302 g/mol. The van der Waals surface area contributed by atoms with Gasteiger partial charge >= 0.3 is 0 Å². The number of para-hydroxylation sites is 1. The van der Waals surface area contributed by atoms with E-state index in [-0.39, 0.29) is 11.9 Å². The molecule has 110 valence electrons. The molecular weight excluding hydrogens is 284 g/mol. The summed E-state index contributed by atoms with van der Waals surface area (Å²) in [4.78, 5) is 0.371. The zero-order valence-electron chi connectivity index (χ0n) is 12.0. The van der Waals surface area contributed by atoms with Gasteiger partial charge in [0.05, 0.1) is 10.6 Å². The highest BCUT2D eigenvalue weighted by atomic mass is 32.2. The Morgan fingerprint density at radius 1 is 1.10 bits per heavy atom. The van der Waals surface area contributed by atoms with Crippen LogP contribution in [0.2, 0.25) is 0 Å². The van der Waals surface area contributed by atoms with Gasteiger partial charge in [-0.05, 0) is 43.5 Å². The molecule has 1 heterocycles. The van der Waals surface area contributed by atoms with Crippen molar-refractivity contribution in [2.75, 3.05) is 5.75 Å². The first kappa shape index (κ1) is 14.1. The first-order valence-electron chi connectivity index (χ1n) is 7.08. The van der Waals surface area contributed by atoms with Crippen molar-refractivity contribution < 1.29 is 13.2 Å². The highest BCUT2D eigenvalue weighted by Crippen LogP contribution is 2.28. The highest BCUT2D eigenvalue weighted by molar-refractivity contribution is 7.91. The van der Waals surface area contributed by atoms with Gasteiger partial charge in [-0.2, -0.15) is 0 Å². The van der Waals surface area contributed by atoms with Crippen LogP contribution < -0.4 is 4.74 Å². The Hall–Kier alpha value is -1.81. The molecule has 3 nitrogen and oxygen atoms in total. The van der Waals surface area contributed by atoms with Crippen LogP contribution in [0, 0.1) is 6.92 Å². The Labute approximate surface area is 125 Å². The predicted octanol–water partition coefficient (Wildman–Crippen LogP) is 3.16. The standard InChI is InChI=1S/C17H18O3S/c1-13-6-10-16(11-7-13)21(18,19)12-15-9-8-14-4-2-3-5-17(14)20-15/h2-7,10-11,15H,8-9,12H2,1H3. The van der Waals surface area contributed by atoms with Gasteiger partial charge in [0.1, 0.15) is 11.9 Å². The van der Waals surface area contributed by atoms with E-state index in [9.17, 15) is 8.42 Å². The van der Waals surface area contributed by atoms with Gasteiger partial charge < -0.3 is 4.74 Å². The summed E-state index contributed by atoms with van der Waals surface area (Å²) in [5.41, 5.74) is 2.21. The van der Waals surface area contributed by atoms with Crippen LogP contribution in [0.1, 0.15) is 17.5 Å². The van der Waals surface area contributed by atoms with Crippen LogP contribution >= 0.6 is 0 Å². The minimum Gasteiger partial charge on any atom is -0.489 e. The Kier molecular flexibility index (Phi) is 3.72. The number of benzene rings is 2. The van der Waals surface area contributed by atoms with Gasteiger partial charge in [0.2, 0.25) is 0 Å². The molecule has 0 N–H and O–H groups in total. The van der Waals surface area contributed by atoms with Gasteiger partial charge in [-0.3, -0.25) is 0 Å². The fourth-order valence-corrected chi connectivity index (χ4v) is 4.05. The molecule has 2 aromatic rings. The highest BCUT2D eigenvalue weighted by Gasteiger charge is 2.26. The van der Waals surface area contributed by atoms with E-state index in [2.05, 4.69) is 0 Å². The van der Waals surface area contributed by atoms with Crippen molar-refractivity contribution in [2.24, 2.45) is 0 Å². The zero-order valence-corrected chi connectivity index (χ0v) is 12.8. The second kappa shape index (κ2) is 5.53. The summed E-state index contributed by atoms with van der Waals surface area (Å²) < 4.78 is 30.7. The quantitative estimate of drug-likeness (QED) is 0.874. The van der Waals surface area contributed by atoms with Crippen molar-refractivity contribution in [1.82, 2.24) is 0 Å². The molecule has 1 aliphatic heterocycles. The fourth-order valence-electron chi connectivity index (χ4n) is 2.58. The van der Waals surface area contributed by atoms with Crippen LogP contribution in [-0.2, 0) is 16.3 Å². The average Bonchev–Trinajstić information content (AvgIpc) is 2.47. The molecule has 3 rings (SSSR count). The molecule has 0 fully saturated rings. The summed E-state index contributed by atoms with van der Waals surface area (Å²) in [6, 6.07) is 14.8. The first-order valence-corrected chi connectivity index (χ1v) is 8.74. The van der Waals surface area contributed by atoms with Gasteiger partial charge in [0.25, 0.3) is 0 Å². The van der Waals surface area contributed by atoms with Gasteiger partial charge in [0.15, 0.2) is 9.84 Å². The van der Waals surface area contributed by atoms with E-state index in [0.29, 0.717) is 4.90 Å². The lowest BCUT2D eigenvalue weighted by atomic mass is 10.0. The van der Waals surface area contributed by atoms with Gasteiger partial charge in [0, 0.05) is 0 Å². The molecule has 2 aromatic carbocycles. The Balaban J connectivity index is 1.77. The van der Waals surface area contributed by atoms with Crippen LogP contribution in [0.5, 0.6) is 5.75 Å². The van der Waals surface area contributed by atoms with Crippen molar-refractivity contribution in [3.05, 3.63) is 59.7 Å². The molecule has 0 aromatic heterocycles. The summed E-state index contributed by atoms with van der Waals surface area (Å²) >= 11 is 0. The molecule has 0 radical (unpaired) electrons. The number of hydrogen-bond acceptors (Lipinski definition) is 3. The minimum absolute atomic E-state index is 0.0321. The Morgan fingerprint density at radius 3 is 2.57 bits per heavy atom. The van der Waals surface area contributed by atoms with Crippen LogP contribution in [0.25, 0.3) is 0 Å². The number of fused-ring (bicyclic) bond motifs is 1. The van der Waals surface area contributed by atoms with E-state index >= 15 is 0 Å². The topological polar surface area (TPSA) is 43.4 Å². The van der Waals surface area contributed by atoms with Gasteiger partial charge in [-0.25, -0.2) is 8.42 Å². The molecule has 0 bridgehead atoms. The van der Waals surface area contributed by atoms with Gasteiger partial charge in [-0.1, -0.05) is 35.9 Å². The molecule has 21 heavy (non-hydrogen) atoms. The summed E-state index contributed by atoms with van der Waals surface area (Å²) in [5.74, 6) is 0.845. The second-order valence-electron chi connectivity index (χ2n) is 5.48. The molecule has 1 aliphatic rings. The van der Waals surface area contributed by atoms with Crippen LogP contribution in [0.4, 0.5) is 0 Å². The molecular formula is C17H18O3S. The molecule has 0 saturated carbocycles. The van der Waals surface area contributed by atoms with E-state index in [0.717, 1.165) is 29.7 Å². The normalized spacial score (nSPS) is 17.9. The third kappa shape index (κ3) is 3.10. The zero-order chi connectivity index (χ0) is 14.9. The number of ether oxygens (including phenoxy) is 1. The lowest BCUT2D eigenvalue weighted by Gasteiger charge is -2.25. The summed E-state index contributed by atoms with van der Waals surface area (Å²) in [6.45, 7) is 1.94. The van der Waals surface area contributed by atoms with Crippen molar-refractivity contribution in [1.29, 1.82) is 0 Å². The largest absolute Gasteiger partial charge is 0.489 e. The van der Waals surface area contributed by atoms with E-state index < -0.39 is 9.84 Å². The van der Waals surface area contributed by atoms with E-state index in [4.69, 9.17) is 4.74 Å². The minimum atomic E-state index is -3.30. The summed E-state index contributed by atoms with van der Waals surface area (Å²) in [6.07, 6.45) is 1.33. The Bertz CT molecular complexity index is 733. The number of hydrogen-bond donors (Lipinski definition) is 0. The third-order valence-corrected chi connectivity index (χ3v) is 5.59. The molecule has 1 unspecified atom stereocenters. The molecule has 0 amide bonds. The maximum atomic E-state index is 12.4. The van der Waals surface area contributed by atoms with Crippen molar-refractivity contribution >= 4 is 9.84 Å². The molecule has 0 aliphatic carbocycles. The van der Waals surface area contributed by atoms with Crippen molar-refractivity contribution in [3.8, 4) is 5.75 Å². The van der Waals surface area contributed by atoms with Crippen LogP contribution in [-0.4, -0.2) is 20.3 Å². The second-order valence-corrected chi connectivity index (χ2v) is 7.51. The van der Waals surface area contributed by atoms with Crippen LogP contribution in [0.15, 0.2) is 53.4 Å². The lowest BCUT2D eigenvalue weighted by Crippen LogP contribution is -2.30. The van der Waals surface area contributed by atoms with Crippen molar-refractivity contribution in [3.63, 3.8) is 0 Å². The summed E-state index contributed by atoms with van der Waals surface area (Å²) in [5, 5.41) is 0. The molecule has 0 saturated heterocycles. The Morgan fingerprint density at radius 2 is 1.81 bits per heavy atom. The fraction of sp³-hybridized carbons (Fsp3) is 0.294. The summed E-state index contributed by atoms with van der Waals surface area (Å²) in [7, 11) is -3.30. The molecule has 0 spiro atoms. The molecule has 4 heteroatoms. The number of aryl methyl sites for hydroxylation is 2.